The summed E-state index contributed by atoms with van der Waals surface area (Å²) in [6.45, 7) is 7.89. The molecule has 4 nitrogen and oxygen atoms in total. The fourth-order valence-corrected chi connectivity index (χ4v) is 0.953. The fourth-order valence-electron chi connectivity index (χ4n) is 0.953. The minimum atomic E-state index is 0.206. The summed E-state index contributed by atoms with van der Waals surface area (Å²) in [6.07, 6.45) is 1.11. The standard InChI is InChI=1S/C8H19N3O/c1-4-7(3)6-11(5-2)8(9)10-12/h7,12H,4-6H2,1-3H3,(H2,9,10). The summed E-state index contributed by atoms with van der Waals surface area (Å²) >= 11 is 0. The number of hydrogen-bond acceptors (Lipinski definition) is 2. The molecule has 0 rings (SSSR count). The Morgan fingerprint density at radius 2 is 2.17 bits per heavy atom. The van der Waals surface area contributed by atoms with Gasteiger partial charge in [0.05, 0.1) is 0 Å². The molecule has 12 heavy (non-hydrogen) atoms. The number of guanidine groups is 1. The minimum absolute atomic E-state index is 0.206. The molecule has 0 fully saturated rings. The lowest BCUT2D eigenvalue weighted by atomic mass is 10.1. The van der Waals surface area contributed by atoms with E-state index < -0.39 is 0 Å². The smallest absolute Gasteiger partial charge is 0.233 e. The van der Waals surface area contributed by atoms with Crippen LogP contribution >= 0.6 is 0 Å². The predicted molar refractivity (Wildman–Crippen MR) is 50.1 cm³/mol. The molecule has 0 spiro atoms. The van der Waals surface area contributed by atoms with Crippen molar-refractivity contribution in [1.82, 2.24) is 4.90 Å². The molecular weight excluding hydrogens is 154 g/mol. The van der Waals surface area contributed by atoms with Crippen molar-refractivity contribution in [2.45, 2.75) is 27.2 Å². The summed E-state index contributed by atoms with van der Waals surface area (Å²) in [7, 11) is 0. The molecule has 0 aromatic heterocycles. The Morgan fingerprint density at radius 1 is 1.58 bits per heavy atom. The Morgan fingerprint density at radius 3 is 2.50 bits per heavy atom. The van der Waals surface area contributed by atoms with Gasteiger partial charge in [-0.25, -0.2) is 0 Å². The maximum atomic E-state index is 8.44. The number of oxime groups is 1. The molecule has 1 atom stereocenters. The van der Waals surface area contributed by atoms with E-state index in [1.165, 1.54) is 0 Å². The van der Waals surface area contributed by atoms with E-state index in [1.807, 2.05) is 11.8 Å². The summed E-state index contributed by atoms with van der Waals surface area (Å²) in [5.74, 6) is 0.781. The van der Waals surface area contributed by atoms with Crippen molar-refractivity contribution in [2.75, 3.05) is 13.1 Å². The second-order valence-corrected chi connectivity index (χ2v) is 3.01. The highest BCUT2D eigenvalue weighted by molar-refractivity contribution is 5.77. The number of nitrogens with zero attached hydrogens (tertiary/aromatic N) is 2. The molecule has 0 aliphatic heterocycles. The van der Waals surface area contributed by atoms with Crippen LogP contribution in [0.1, 0.15) is 27.2 Å². The van der Waals surface area contributed by atoms with Crippen molar-refractivity contribution >= 4 is 5.96 Å². The van der Waals surface area contributed by atoms with Crippen LogP contribution in [0.5, 0.6) is 0 Å². The van der Waals surface area contributed by atoms with Crippen LogP contribution in [0.25, 0.3) is 0 Å². The Bertz CT molecular complexity index is 147. The zero-order valence-corrected chi connectivity index (χ0v) is 8.12. The molecule has 0 heterocycles. The maximum Gasteiger partial charge on any atom is 0.233 e. The normalized spacial score (nSPS) is 14.4. The van der Waals surface area contributed by atoms with Gasteiger partial charge in [0.1, 0.15) is 0 Å². The van der Waals surface area contributed by atoms with Crippen LogP contribution in [0, 0.1) is 5.92 Å². The second-order valence-electron chi connectivity index (χ2n) is 3.01. The van der Waals surface area contributed by atoms with E-state index in [0.29, 0.717) is 5.92 Å². The molecule has 3 N–H and O–H groups in total. The van der Waals surface area contributed by atoms with Crippen molar-refractivity contribution in [2.24, 2.45) is 16.8 Å². The van der Waals surface area contributed by atoms with Gasteiger partial charge in [0.15, 0.2) is 0 Å². The van der Waals surface area contributed by atoms with Gasteiger partial charge in [-0.2, -0.15) is 0 Å². The van der Waals surface area contributed by atoms with Gasteiger partial charge in [-0.1, -0.05) is 25.4 Å². The molecule has 0 aromatic rings. The van der Waals surface area contributed by atoms with E-state index in [4.69, 9.17) is 10.9 Å². The summed E-state index contributed by atoms with van der Waals surface area (Å²) in [4.78, 5) is 1.86. The molecule has 0 bridgehead atoms. The molecule has 0 saturated heterocycles. The number of rotatable bonds is 4. The highest BCUT2D eigenvalue weighted by atomic mass is 16.4. The lowest BCUT2D eigenvalue weighted by Gasteiger charge is -2.23. The van der Waals surface area contributed by atoms with E-state index in [2.05, 4.69) is 19.0 Å². The van der Waals surface area contributed by atoms with Crippen LogP contribution in [0.2, 0.25) is 0 Å². The van der Waals surface area contributed by atoms with Gasteiger partial charge < -0.3 is 15.8 Å². The van der Waals surface area contributed by atoms with Crippen LogP contribution in [0.3, 0.4) is 0 Å². The van der Waals surface area contributed by atoms with Gasteiger partial charge in [0, 0.05) is 13.1 Å². The third-order valence-corrected chi connectivity index (χ3v) is 2.04. The second kappa shape index (κ2) is 5.69. The van der Waals surface area contributed by atoms with E-state index in [1.54, 1.807) is 0 Å². The van der Waals surface area contributed by atoms with Gasteiger partial charge >= 0.3 is 0 Å². The quantitative estimate of drug-likeness (QED) is 0.289. The average molecular weight is 173 g/mol. The molecule has 0 radical (unpaired) electrons. The molecule has 0 saturated carbocycles. The van der Waals surface area contributed by atoms with Gasteiger partial charge in [0.2, 0.25) is 5.96 Å². The monoisotopic (exact) mass is 173 g/mol. The molecule has 0 amide bonds. The zero-order chi connectivity index (χ0) is 9.56. The molecule has 1 unspecified atom stereocenters. The highest BCUT2D eigenvalue weighted by Crippen LogP contribution is 2.03. The molecule has 72 valence electrons. The molecule has 0 aromatic carbocycles. The third-order valence-electron chi connectivity index (χ3n) is 2.04. The van der Waals surface area contributed by atoms with Gasteiger partial charge in [0.25, 0.3) is 0 Å². The van der Waals surface area contributed by atoms with Crippen LogP contribution in [-0.4, -0.2) is 29.2 Å². The predicted octanol–water partition coefficient (Wildman–Crippen LogP) is 1.06. The first-order valence-electron chi connectivity index (χ1n) is 4.38. The summed E-state index contributed by atoms with van der Waals surface area (Å²) in [5.41, 5.74) is 5.46. The van der Waals surface area contributed by atoms with Crippen molar-refractivity contribution in [3.63, 3.8) is 0 Å². The lowest BCUT2D eigenvalue weighted by molar-refractivity contribution is 0.289. The highest BCUT2D eigenvalue weighted by Gasteiger charge is 2.08. The third kappa shape index (κ3) is 3.46. The topological polar surface area (TPSA) is 61.8 Å². The lowest BCUT2D eigenvalue weighted by Crippen LogP contribution is -2.39. The molecule has 0 aliphatic rings. The largest absolute Gasteiger partial charge is 0.408 e. The van der Waals surface area contributed by atoms with Crippen molar-refractivity contribution in [3.05, 3.63) is 0 Å². The Hall–Kier alpha value is -0.930. The van der Waals surface area contributed by atoms with E-state index >= 15 is 0 Å². The van der Waals surface area contributed by atoms with Crippen molar-refractivity contribution < 1.29 is 5.21 Å². The average Bonchev–Trinajstić information content (AvgIpc) is 2.12. The number of hydrogen-bond donors (Lipinski definition) is 2. The van der Waals surface area contributed by atoms with Crippen molar-refractivity contribution in [1.29, 1.82) is 0 Å². The first kappa shape index (κ1) is 11.1. The SMILES string of the molecule is CCC(C)CN(CC)C(N)=NO. The van der Waals surface area contributed by atoms with E-state index in [0.717, 1.165) is 19.5 Å². The van der Waals surface area contributed by atoms with Crippen LogP contribution in [-0.2, 0) is 0 Å². The maximum absolute atomic E-state index is 8.44. The van der Waals surface area contributed by atoms with Crippen LogP contribution in [0.15, 0.2) is 5.16 Å². The molecule has 4 heteroatoms. The minimum Gasteiger partial charge on any atom is -0.408 e. The Balaban J connectivity index is 3.99. The molecular formula is C8H19N3O. The van der Waals surface area contributed by atoms with Gasteiger partial charge in [-0.05, 0) is 12.8 Å². The van der Waals surface area contributed by atoms with Gasteiger partial charge in [-0.3, -0.25) is 0 Å². The first-order chi connectivity index (χ1) is 5.65. The summed E-state index contributed by atoms with van der Waals surface area (Å²) in [6, 6.07) is 0. The summed E-state index contributed by atoms with van der Waals surface area (Å²) in [5, 5.41) is 11.4. The Labute approximate surface area is 74.0 Å². The van der Waals surface area contributed by atoms with Gasteiger partial charge in [-0.15, -0.1) is 0 Å². The zero-order valence-electron chi connectivity index (χ0n) is 8.12. The van der Waals surface area contributed by atoms with Crippen molar-refractivity contribution in [3.8, 4) is 0 Å². The molecule has 0 aliphatic carbocycles. The van der Waals surface area contributed by atoms with Crippen LogP contribution < -0.4 is 5.73 Å². The summed E-state index contributed by atoms with van der Waals surface area (Å²) < 4.78 is 0. The fraction of sp³-hybridized carbons (Fsp3) is 0.875. The van der Waals surface area contributed by atoms with E-state index in [9.17, 15) is 0 Å². The Kier molecular flexibility index (Phi) is 5.25. The van der Waals surface area contributed by atoms with E-state index in [-0.39, 0.29) is 5.96 Å². The number of nitrogens with two attached hydrogens (primary N) is 1. The van der Waals surface area contributed by atoms with Crippen LogP contribution in [0.4, 0.5) is 0 Å². The first-order valence-corrected chi connectivity index (χ1v) is 4.38.